The molecule has 1 aromatic rings. The molecule has 0 fully saturated rings. The summed E-state index contributed by atoms with van der Waals surface area (Å²) in [6.07, 6.45) is 1.94. The first kappa shape index (κ1) is 16.7. The van der Waals surface area contributed by atoms with Crippen LogP contribution in [0.4, 0.5) is 0 Å². The summed E-state index contributed by atoms with van der Waals surface area (Å²) in [4.78, 5) is 2.36. The summed E-state index contributed by atoms with van der Waals surface area (Å²) in [5.74, 6) is 0.967. The number of ether oxygens (including phenoxy) is 1. The van der Waals surface area contributed by atoms with Crippen molar-refractivity contribution in [2.75, 3.05) is 26.7 Å². The summed E-state index contributed by atoms with van der Waals surface area (Å²) in [5, 5.41) is 3.16. The lowest BCUT2D eigenvalue weighted by atomic mass is 10.1. The molecule has 112 valence electrons. The molecule has 0 amide bonds. The molecule has 1 aromatic carbocycles. The SMILES string of the molecule is C=CCN(CCOc1ccccc1CNC)C(C)(C)C. The summed E-state index contributed by atoms with van der Waals surface area (Å²) >= 11 is 0. The second-order valence-electron chi connectivity index (χ2n) is 5.89. The molecule has 0 saturated carbocycles. The van der Waals surface area contributed by atoms with E-state index in [9.17, 15) is 0 Å². The molecule has 0 saturated heterocycles. The van der Waals surface area contributed by atoms with E-state index in [4.69, 9.17) is 4.74 Å². The summed E-state index contributed by atoms with van der Waals surface area (Å²) in [7, 11) is 1.95. The quantitative estimate of drug-likeness (QED) is 0.739. The molecule has 1 N–H and O–H groups in total. The highest BCUT2D eigenvalue weighted by Crippen LogP contribution is 2.18. The minimum absolute atomic E-state index is 0.127. The molecule has 0 atom stereocenters. The highest BCUT2D eigenvalue weighted by Gasteiger charge is 2.19. The smallest absolute Gasteiger partial charge is 0.123 e. The van der Waals surface area contributed by atoms with Crippen LogP contribution < -0.4 is 10.1 Å². The summed E-state index contributed by atoms with van der Waals surface area (Å²) in [5.41, 5.74) is 1.32. The van der Waals surface area contributed by atoms with Crippen molar-refractivity contribution in [3.05, 3.63) is 42.5 Å². The van der Waals surface area contributed by atoms with E-state index in [-0.39, 0.29) is 5.54 Å². The molecule has 0 radical (unpaired) electrons. The Hall–Kier alpha value is -1.32. The highest BCUT2D eigenvalue weighted by molar-refractivity contribution is 5.33. The van der Waals surface area contributed by atoms with Crippen molar-refractivity contribution in [2.24, 2.45) is 0 Å². The number of hydrogen-bond acceptors (Lipinski definition) is 3. The van der Waals surface area contributed by atoms with Gasteiger partial charge in [-0.1, -0.05) is 24.3 Å². The minimum Gasteiger partial charge on any atom is -0.492 e. The van der Waals surface area contributed by atoms with Crippen LogP contribution in [0.3, 0.4) is 0 Å². The summed E-state index contributed by atoms with van der Waals surface area (Å²) in [6.45, 7) is 13.8. The van der Waals surface area contributed by atoms with E-state index in [1.165, 1.54) is 5.56 Å². The standard InChI is InChI=1S/C17H28N2O/c1-6-11-19(17(2,3)4)12-13-20-16-10-8-7-9-15(16)14-18-5/h6-10,18H,1,11-14H2,2-5H3. The Morgan fingerprint density at radius 3 is 2.60 bits per heavy atom. The lowest BCUT2D eigenvalue weighted by Crippen LogP contribution is -2.43. The van der Waals surface area contributed by atoms with Gasteiger partial charge in [0.15, 0.2) is 0 Å². The van der Waals surface area contributed by atoms with Crippen LogP contribution in [0.1, 0.15) is 26.3 Å². The van der Waals surface area contributed by atoms with Gasteiger partial charge in [-0.25, -0.2) is 0 Å². The van der Waals surface area contributed by atoms with E-state index < -0.39 is 0 Å². The number of nitrogens with zero attached hydrogens (tertiary/aromatic N) is 1. The third kappa shape index (κ3) is 5.35. The largest absolute Gasteiger partial charge is 0.492 e. The first-order valence-electron chi connectivity index (χ1n) is 7.20. The molecule has 0 bridgehead atoms. The molecule has 0 unspecified atom stereocenters. The van der Waals surface area contributed by atoms with Crippen LogP contribution >= 0.6 is 0 Å². The molecule has 1 rings (SSSR count). The molecule has 0 spiro atoms. The van der Waals surface area contributed by atoms with Crippen molar-refractivity contribution < 1.29 is 4.74 Å². The molecule has 0 aliphatic rings. The monoisotopic (exact) mass is 276 g/mol. The van der Waals surface area contributed by atoms with Crippen molar-refractivity contribution >= 4 is 0 Å². The van der Waals surface area contributed by atoms with Crippen LogP contribution in [0.25, 0.3) is 0 Å². The predicted molar refractivity (Wildman–Crippen MR) is 86.2 cm³/mol. The van der Waals surface area contributed by atoms with Gasteiger partial charge in [0.25, 0.3) is 0 Å². The second kappa shape index (κ2) is 8.08. The van der Waals surface area contributed by atoms with Gasteiger partial charge in [0.1, 0.15) is 12.4 Å². The first-order valence-corrected chi connectivity index (χ1v) is 7.20. The molecular formula is C17H28N2O. The molecule has 0 heterocycles. The van der Waals surface area contributed by atoms with Gasteiger partial charge < -0.3 is 10.1 Å². The maximum Gasteiger partial charge on any atom is 0.123 e. The maximum absolute atomic E-state index is 5.95. The third-order valence-corrected chi connectivity index (χ3v) is 3.26. The fourth-order valence-electron chi connectivity index (χ4n) is 2.10. The number of hydrogen-bond donors (Lipinski definition) is 1. The van der Waals surface area contributed by atoms with Crippen molar-refractivity contribution in [1.29, 1.82) is 0 Å². The van der Waals surface area contributed by atoms with Gasteiger partial charge in [-0.2, -0.15) is 0 Å². The lowest BCUT2D eigenvalue weighted by Gasteiger charge is -2.34. The fourth-order valence-corrected chi connectivity index (χ4v) is 2.10. The van der Waals surface area contributed by atoms with Gasteiger partial charge in [-0.15, -0.1) is 6.58 Å². The van der Waals surface area contributed by atoms with Crippen LogP contribution in [0.2, 0.25) is 0 Å². The number of rotatable bonds is 8. The van der Waals surface area contributed by atoms with Crippen LogP contribution in [0.15, 0.2) is 36.9 Å². The summed E-state index contributed by atoms with van der Waals surface area (Å²) in [6, 6.07) is 8.18. The van der Waals surface area contributed by atoms with E-state index in [1.54, 1.807) is 0 Å². The normalized spacial score (nSPS) is 11.7. The third-order valence-electron chi connectivity index (χ3n) is 3.26. The van der Waals surface area contributed by atoms with Crippen LogP contribution in [0, 0.1) is 0 Å². The Morgan fingerprint density at radius 2 is 2.00 bits per heavy atom. The zero-order chi connectivity index (χ0) is 15.0. The average molecular weight is 276 g/mol. The van der Waals surface area contributed by atoms with E-state index >= 15 is 0 Å². The minimum atomic E-state index is 0.127. The second-order valence-corrected chi connectivity index (χ2v) is 5.89. The molecule has 0 aromatic heterocycles. The number of para-hydroxylation sites is 1. The van der Waals surface area contributed by atoms with Crippen LogP contribution in [0.5, 0.6) is 5.75 Å². The highest BCUT2D eigenvalue weighted by atomic mass is 16.5. The van der Waals surface area contributed by atoms with Crippen LogP contribution in [-0.2, 0) is 6.54 Å². The summed E-state index contributed by atoms with van der Waals surface area (Å²) < 4.78 is 5.95. The molecule has 20 heavy (non-hydrogen) atoms. The Morgan fingerprint density at radius 1 is 1.30 bits per heavy atom. The Labute approximate surface area is 123 Å². The van der Waals surface area contributed by atoms with Crippen molar-refractivity contribution in [2.45, 2.75) is 32.9 Å². The van der Waals surface area contributed by atoms with Crippen molar-refractivity contribution in [3.63, 3.8) is 0 Å². The van der Waals surface area contributed by atoms with E-state index in [1.807, 2.05) is 31.3 Å². The average Bonchev–Trinajstić information content (AvgIpc) is 2.39. The van der Waals surface area contributed by atoms with E-state index in [0.29, 0.717) is 6.61 Å². The van der Waals surface area contributed by atoms with E-state index in [2.05, 4.69) is 43.6 Å². The Kier molecular flexibility index (Phi) is 6.76. The molecule has 0 aliphatic heterocycles. The van der Waals surface area contributed by atoms with Crippen molar-refractivity contribution in [3.8, 4) is 5.75 Å². The van der Waals surface area contributed by atoms with Crippen molar-refractivity contribution in [1.82, 2.24) is 10.2 Å². The zero-order valence-electron chi connectivity index (χ0n) is 13.3. The van der Waals surface area contributed by atoms with Gasteiger partial charge >= 0.3 is 0 Å². The van der Waals surface area contributed by atoms with Gasteiger partial charge in [0, 0.05) is 30.7 Å². The zero-order valence-corrected chi connectivity index (χ0v) is 13.3. The van der Waals surface area contributed by atoms with Gasteiger partial charge in [-0.05, 0) is 33.9 Å². The molecule has 3 heteroatoms. The first-order chi connectivity index (χ1) is 9.49. The number of benzene rings is 1. The topological polar surface area (TPSA) is 24.5 Å². The lowest BCUT2D eigenvalue weighted by molar-refractivity contribution is 0.126. The fraction of sp³-hybridized carbons (Fsp3) is 0.529. The molecular weight excluding hydrogens is 248 g/mol. The van der Waals surface area contributed by atoms with Gasteiger partial charge in [-0.3, -0.25) is 4.90 Å². The van der Waals surface area contributed by atoms with Crippen LogP contribution in [-0.4, -0.2) is 37.2 Å². The Bertz CT molecular complexity index is 410. The number of nitrogens with one attached hydrogen (secondary N) is 1. The molecule has 0 aliphatic carbocycles. The van der Waals surface area contributed by atoms with Gasteiger partial charge in [0.2, 0.25) is 0 Å². The van der Waals surface area contributed by atoms with E-state index in [0.717, 1.165) is 25.4 Å². The maximum atomic E-state index is 5.95. The predicted octanol–water partition coefficient (Wildman–Crippen LogP) is 3.07. The molecule has 3 nitrogen and oxygen atoms in total. The Balaban J connectivity index is 2.56. The van der Waals surface area contributed by atoms with Gasteiger partial charge in [0.05, 0.1) is 0 Å².